The molecule has 4 heterocycles. The van der Waals surface area contributed by atoms with Crippen molar-refractivity contribution in [3.05, 3.63) is 112 Å². The third kappa shape index (κ3) is 8.64. The Morgan fingerprint density at radius 2 is 1.57 bits per heavy atom. The van der Waals surface area contributed by atoms with Crippen LogP contribution in [0.3, 0.4) is 0 Å². The molecule has 1 saturated heterocycles. The highest BCUT2D eigenvalue weighted by Crippen LogP contribution is 2.42. The van der Waals surface area contributed by atoms with Crippen molar-refractivity contribution in [2.45, 2.75) is 73.1 Å². The molecule has 0 spiro atoms. The lowest BCUT2D eigenvalue weighted by Gasteiger charge is -2.35. The number of fused-ring (bicyclic) bond motifs is 3. The molecule has 3 aromatic heterocycles. The van der Waals surface area contributed by atoms with E-state index in [-0.39, 0.29) is 18.0 Å². The van der Waals surface area contributed by atoms with Gasteiger partial charge in [0.2, 0.25) is 5.91 Å². The molecule has 14 heteroatoms. The van der Waals surface area contributed by atoms with Crippen molar-refractivity contribution in [2.24, 2.45) is 7.05 Å². The van der Waals surface area contributed by atoms with Crippen molar-refractivity contribution < 1.29 is 29.0 Å². The van der Waals surface area contributed by atoms with Crippen LogP contribution in [0.5, 0.6) is 5.75 Å². The fourth-order valence-corrected chi connectivity index (χ4v) is 9.23. The minimum Gasteiger partial charge on any atom is -0.493 e. The van der Waals surface area contributed by atoms with Gasteiger partial charge in [0.15, 0.2) is 0 Å². The number of carbonyl (C=O) groups excluding carboxylic acids is 2. The molecule has 1 fully saturated rings. The highest BCUT2D eigenvalue weighted by molar-refractivity contribution is 6.35. The van der Waals surface area contributed by atoms with Crippen LogP contribution in [0.15, 0.2) is 72.8 Å². The second kappa shape index (κ2) is 17.5. The molecule has 0 saturated carbocycles. The van der Waals surface area contributed by atoms with Crippen LogP contribution in [-0.2, 0) is 36.1 Å². The van der Waals surface area contributed by atoms with E-state index >= 15 is 0 Å². The fraction of sp³-hybridized carbons (Fsp3) is 0.367. The topological polar surface area (TPSA) is 137 Å². The predicted octanol–water partition coefficient (Wildman–Crippen LogP) is 8.63. The Morgan fingerprint density at radius 1 is 0.841 bits per heavy atom. The van der Waals surface area contributed by atoms with Crippen LogP contribution in [0, 0.1) is 20.8 Å². The van der Waals surface area contributed by atoms with E-state index in [2.05, 4.69) is 32.7 Å². The van der Waals surface area contributed by atoms with Crippen LogP contribution in [0.1, 0.15) is 70.8 Å². The Hall–Kier alpha value is -6.18. The van der Waals surface area contributed by atoms with Crippen molar-refractivity contribution in [3.8, 4) is 16.9 Å². The van der Waals surface area contributed by atoms with Gasteiger partial charge in [0.05, 0.1) is 33.9 Å². The van der Waals surface area contributed by atoms with Crippen LogP contribution in [0.25, 0.3) is 43.8 Å². The van der Waals surface area contributed by atoms with E-state index in [9.17, 15) is 19.5 Å². The maximum absolute atomic E-state index is 14.6. The number of para-hydroxylation sites is 1. The van der Waals surface area contributed by atoms with Gasteiger partial charge in [0.1, 0.15) is 34.9 Å². The maximum Gasteiger partial charge on any atom is 0.355 e. The number of hydrogen-bond donors (Lipinski definition) is 1. The van der Waals surface area contributed by atoms with Crippen LogP contribution in [0.4, 0.5) is 0 Å². The number of piperazine rings is 1. The molecule has 0 atom stereocenters. The second-order valence-electron chi connectivity index (χ2n) is 17.3. The van der Waals surface area contributed by atoms with Crippen LogP contribution >= 0.6 is 11.6 Å². The van der Waals surface area contributed by atoms with Gasteiger partial charge in [-0.1, -0.05) is 60.1 Å². The van der Waals surface area contributed by atoms with E-state index in [1.54, 1.807) is 23.6 Å². The third-order valence-corrected chi connectivity index (χ3v) is 12.4. The van der Waals surface area contributed by atoms with Gasteiger partial charge in [-0.2, -0.15) is 5.10 Å². The molecule has 0 aliphatic carbocycles. The number of aryl methyl sites for hydroxylation is 4. The zero-order valence-electron chi connectivity index (χ0n) is 37.0. The lowest BCUT2D eigenvalue weighted by atomic mass is 9.98. The molecule has 328 valence electrons. The highest BCUT2D eigenvalue weighted by Gasteiger charge is 2.31. The second-order valence-corrected chi connectivity index (χ2v) is 17.8. The Kier molecular flexibility index (Phi) is 12.1. The van der Waals surface area contributed by atoms with Crippen molar-refractivity contribution >= 4 is 62.2 Å². The average molecular weight is 872 g/mol. The van der Waals surface area contributed by atoms with E-state index in [0.717, 1.165) is 55.5 Å². The number of rotatable bonds is 13. The minimum atomic E-state index is -1.06. The van der Waals surface area contributed by atoms with Gasteiger partial charge in [0.25, 0.3) is 0 Å². The first-order valence-corrected chi connectivity index (χ1v) is 21.9. The molecule has 0 unspecified atom stereocenters. The fourth-order valence-electron chi connectivity index (χ4n) is 8.99. The molecule has 0 bridgehead atoms. The minimum absolute atomic E-state index is 0.0584. The van der Waals surface area contributed by atoms with E-state index in [1.165, 1.54) is 6.07 Å². The number of hydrogen-bond acceptors (Lipinski definition) is 8. The molecule has 1 aliphatic rings. The first kappa shape index (κ1) is 43.5. The highest BCUT2D eigenvalue weighted by atomic mass is 35.5. The zero-order valence-corrected chi connectivity index (χ0v) is 37.8. The predicted molar refractivity (Wildman–Crippen MR) is 246 cm³/mol. The van der Waals surface area contributed by atoms with Gasteiger partial charge >= 0.3 is 11.9 Å². The molecule has 1 N–H and O–H groups in total. The van der Waals surface area contributed by atoms with Crippen LogP contribution in [-0.4, -0.2) is 102 Å². The number of esters is 1. The standard InChI is InChI=1S/C49H54ClN7O6/c1-30-42(31(2)53(7)52-30)43-38(50)21-20-36-35(17-12-28-62-40-19-10-14-33-13-8-9-15-34(33)40)46(48(61)63-49(4,5)6)56(45(36)43)27-24-54-22-25-55(26-23-54)41(58)29-57-32(3)51-44-37(47(59)60)16-11-18-39(44)57/h8-11,13-16,18-21H,12,17,22-29H2,1-7H3,(H,59,60). The lowest BCUT2D eigenvalue weighted by Crippen LogP contribution is -2.50. The third-order valence-electron chi connectivity index (χ3n) is 12.1. The summed E-state index contributed by atoms with van der Waals surface area (Å²) >= 11 is 7.20. The van der Waals surface area contributed by atoms with E-state index in [0.29, 0.717) is 86.3 Å². The first-order valence-electron chi connectivity index (χ1n) is 21.5. The number of benzene rings is 4. The summed E-state index contributed by atoms with van der Waals surface area (Å²) in [4.78, 5) is 48.8. The molecule has 1 amide bonds. The number of carboxylic acid groups (broad SMARTS) is 1. The molecule has 4 aromatic carbocycles. The van der Waals surface area contributed by atoms with Crippen LogP contribution < -0.4 is 4.74 Å². The zero-order chi connectivity index (χ0) is 44.7. The number of nitrogens with zero attached hydrogens (tertiary/aromatic N) is 7. The molecule has 8 rings (SSSR count). The van der Waals surface area contributed by atoms with Gasteiger partial charge in [-0.3, -0.25) is 14.4 Å². The number of carbonyl (C=O) groups is 3. The average Bonchev–Trinajstić information content (AvgIpc) is 3.83. The molecule has 0 radical (unpaired) electrons. The number of amides is 1. The van der Waals surface area contributed by atoms with Gasteiger partial charge in [0, 0.05) is 73.9 Å². The summed E-state index contributed by atoms with van der Waals surface area (Å²) in [5.41, 5.74) is 6.15. The number of aromatic carboxylic acids is 1. The van der Waals surface area contributed by atoms with Crippen molar-refractivity contribution in [1.82, 2.24) is 33.7 Å². The Labute approximate surface area is 371 Å². The quantitative estimate of drug-likeness (QED) is 0.0892. The van der Waals surface area contributed by atoms with E-state index < -0.39 is 17.5 Å². The van der Waals surface area contributed by atoms with Gasteiger partial charge in [-0.05, 0) is 89.6 Å². The summed E-state index contributed by atoms with van der Waals surface area (Å²) in [5, 5.41) is 18.1. The first-order chi connectivity index (χ1) is 30.1. The summed E-state index contributed by atoms with van der Waals surface area (Å²) in [6.07, 6.45) is 1.20. The molecule has 1 aliphatic heterocycles. The molecular weight excluding hydrogens is 818 g/mol. The smallest absolute Gasteiger partial charge is 0.355 e. The number of aromatic nitrogens is 5. The molecule has 13 nitrogen and oxygen atoms in total. The van der Waals surface area contributed by atoms with E-state index in [4.69, 9.17) is 26.2 Å². The Morgan fingerprint density at radius 3 is 2.29 bits per heavy atom. The summed E-state index contributed by atoms with van der Waals surface area (Å²) in [6, 6.07) is 23.2. The number of ether oxygens (including phenoxy) is 2. The normalized spacial score (nSPS) is 13.7. The maximum atomic E-state index is 14.6. The van der Waals surface area contributed by atoms with Crippen molar-refractivity contribution in [2.75, 3.05) is 39.3 Å². The van der Waals surface area contributed by atoms with Crippen LogP contribution in [0.2, 0.25) is 5.02 Å². The molecule has 63 heavy (non-hydrogen) atoms. The largest absolute Gasteiger partial charge is 0.493 e. The van der Waals surface area contributed by atoms with E-state index in [1.807, 2.05) is 87.6 Å². The number of halogens is 1. The Bertz CT molecular complexity index is 2890. The monoisotopic (exact) mass is 871 g/mol. The van der Waals surface area contributed by atoms with Gasteiger partial charge < -0.3 is 28.6 Å². The summed E-state index contributed by atoms with van der Waals surface area (Å²) in [5.74, 6) is -0.117. The Balaban J connectivity index is 1.09. The van der Waals surface area contributed by atoms with Crippen molar-refractivity contribution in [3.63, 3.8) is 0 Å². The SMILES string of the molecule is Cc1nn(C)c(C)c1-c1c(Cl)ccc2c(CCCOc3cccc4ccccc34)c(C(=O)OC(C)(C)C)n(CCN3CCN(C(=O)Cn4c(C)nc5c(C(=O)O)cccc54)CC3)c12. The number of imidazole rings is 1. The summed E-state index contributed by atoms with van der Waals surface area (Å²) in [6.45, 7) is 15.3. The lowest BCUT2D eigenvalue weighted by molar-refractivity contribution is -0.133. The van der Waals surface area contributed by atoms with Gasteiger partial charge in [-0.25, -0.2) is 14.6 Å². The van der Waals surface area contributed by atoms with Gasteiger partial charge in [-0.15, -0.1) is 0 Å². The summed E-state index contributed by atoms with van der Waals surface area (Å²) in [7, 11) is 1.92. The molecule has 7 aromatic rings. The number of carboxylic acids is 1. The molecular formula is C49H54ClN7O6. The summed E-state index contributed by atoms with van der Waals surface area (Å²) < 4.78 is 18.3. The van der Waals surface area contributed by atoms with Crippen molar-refractivity contribution in [1.29, 1.82) is 0 Å².